The highest BCUT2D eigenvalue weighted by Crippen LogP contribution is 1.84. The molecule has 0 aromatic carbocycles. The van der Waals surface area contributed by atoms with E-state index in [0.717, 1.165) is 0 Å². The quantitative estimate of drug-likeness (QED) is 0.269. The number of alkyl halides is 1. The molecule has 0 spiro atoms. The van der Waals surface area contributed by atoms with Crippen molar-refractivity contribution in [1.29, 1.82) is 0 Å². The fourth-order valence-corrected chi connectivity index (χ4v) is 1.17. The number of esters is 1. The van der Waals surface area contributed by atoms with Crippen molar-refractivity contribution in [3.63, 3.8) is 0 Å². The number of rotatable bonds is 14. The molecule has 0 saturated carbocycles. The van der Waals surface area contributed by atoms with Crippen LogP contribution in [0.4, 0.5) is 0 Å². The van der Waals surface area contributed by atoms with Crippen molar-refractivity contribution in [3.8, 4) is 0 Å². The second kappa shape index (κ2) is 15.7. The highest BCUT2D eigenvalue weighted by molar-refractivity contribution is 6.17. The molecule has 0 rings (SSSR count). The molecule has 7 heteroatoms. The molecule has 0 heterocycles. The van der Waals surface area contributed by atoms with Gasteiger partial charge in [0.1, 0.15) is 6.61 Å². The summed E-state index contributed by atoms with van der Waals surface area (Å²) in [7, 11) is 0. The van der Waals surface area contributed by atoms with Crippen LogP contribution in [-0.4, -0.2) is 71.3 Å². The maximum Gasteiger partial charge on any atom is 0.302 e. The van der Waals surface area contributed by atoms with Crippen LogP contribution in [0.15, 0.2) is 0 Å². The highest BCUT2D eigenvalue weighted by Gasteiger charge is 1.94. The second-order valence-electron chi connectivity index (χ2n) is 3.48. The van der Waals surface area contributed by atoms with Gasteiger partial charge in [-0.3, -0.25) is 4.79 Å². The van der Waals surface area contributed by atoms with Crippen LogP contribution in [0.5, 0.6) is 0 Å². The molecule has 0 aliphatic heterocycles. The molecule has 0 N–H and O–H groups in total. The summed E-state index contributed by atoms with van der Waals surface area (Å²) in [4.78, 5) is 10.4. The first kappa shape index (κ1) is 18.6. The summed E-state index contributed by atoms with van der Waals surface area (Å²) in [5.41, 5.74) is 0. The van der Waals surface area contributed by atoms with Crippen LogP contribution in [-0.2, 0) is 28.5 Å². The number of carbonyl (C=O) groups excluding carboxylic acids is 1. The Kier molecular flexibility index (Phi) is 15.3. The molecule has 114 valence electrons. The van der Waals surface area contributed by atoms with Gasteiger partial charge in [-0.05, 0) is 0 Å². The Morgan fingerprint density at radius 1 is 0.737 bits per heavy atom. The fraction of sp³-hybridized carbons (Fsp3) is 0.917. The Hall–Kier alpha value is -0.400. The number of ether oxygens (including phenoxy) is 5. The Morgan fingerprint density at radius 3 is 1.47 bits per heavy atom. The topological polar surface area (TPSA) is 63.2 Å². The highest BCUT2D eigenvalue weighted by atomic mass is 35.5. The van der Waals surface area contributed by atoms with Crippen LogP contribution >= 0.6 is 11.6 Å². The Morgan fingerprint density at radius 2 is 1.11 bits per heavy atom. The number of carbonyl (C=O) groups is 1. The SMILES string of the molecule is CC(=O)OCCOCCOCCOCCOCCCl. The zero-order chi connectivity index (χ0) is 14.2. The molecule has 0 aromatic rings. The molecule has 0 amide bonds. The van der Waals surface area contributed by atoms with Crippen molar-refractivity contribution >= 4 is 17.6 Å². The van der Waals surface area contributed by atoms with Gasteiger partial charge in [-0.2, -0.15) is 0 Å². The smallest absolute Gasteiger partial charge is 0.302 e. The normalized spacial score (nSPS) is 10.6. The van der Waals surface area contributed by atoms with Crippen LogP contribution in [0, 0.1) is 0 Å². The van der Waals surface area contributed by atoms with Crippen molar-refractivity contribution < 1.29 is 28.5 Å². The van der Waals surface area contributed by atoms with E-state index in [0.29, 0.717) is 58.7 Å². The van der Waals surface area contributed by atoms with Crippen molar-refractivity contribution in [2.75, 3.05) is 65.3 Å². The van der Waals surface area contributed by atoms with Crippen LogP contribution in [0.2, 0.25) is 0 Å². The third-order valence-corrected chi connectivity index (χ3v) is 2.02. The molecule has 0 aliphatic carbocycles. The van der Waals surface area contributed by atoms with Gasteiger partial charge in [0.2, 0.25) is 0 Å². The van der Waals surface area contributed by atoms with E-state index in [9.17, 15) is 4.79 Å². The van der Waals surface area contributed by atoms with Crippen molar-refractivity contribution in [3.05, 3.63) is 0 Å². The lowest BCUT2D eigenvalue weighted by Gasteiger charge is -2.07. The summed E-state index contributed by atoms with van der Waals surface area (Å²) in [6.07, 6.45) is 0. The Labute approximate surface area is 119 Å². The van der Waals surface area contributed by atoms with Crippen LogP contribution in [0.3, 0.4) is 0 Å². The first-order chi connectivity index (χ1) is 9.27. The monoisotopic (exact) mass is 298 g/mol. The fourth-order valence-electron chi connectivity index (χ4n) is 1.06. The van der Waals surface area contributed by atoms with Gasteiger partial charge >= 0.3 is 5.97 Å². The van der Waals surface area contributed by atoms with Gasteiger partial charge in [-0.1, -0.05) is 0 Å². The van der Waals surface area contributed by atoms with Gasteiger partial charge in [-0.15, -0.1) is 11.6 Å². The van der Waals surface area contributed by atoms with Gasteiger partial charge < -0.3 is 23.7 Å². The summed E-state index contributed by atoms with van der Waals surface area (Å²) in [5, 5.41) is 0. The average Bonchev–Trinajstić information content (AvgIpc) is 2.39. The molecule has 0 aliphatic rings. The lowest BCUT2D eigenvalue weighted by atomic mass is 10.7. The number of hydrogen-bond donors (Lipinski definition) is 0. The predicted molar refractivity (Wildman–Crippen MR) is 70.6 cm³/mol. The molecule has 0 radical (unpaired) electrons. The van der Waals surface area contributed by atoms with E-state index >= 15 is 0 Å². The molecule has 0 fully saturated rings. The molecule has 6 nitrogen and oxygen atoms in total. The summed E-state index contributed by atoms with van der Waals surface area (Å²) in [6.45, 7) is 5.67. The Bertz CT molecular complexity index is 203. The maximum atomic E-state index is 10.4. The van der Waals surface area contributed by atoms with Gasteiger partial charge in [0.15, 0.2) is 0 Å². The lowest BCUT2D eigenvalue weighted by molar-refractivity contribution is -0.142. The van der Waals surface area contributed by atoms with E-state index < -0.39 is 0 Å². The average molecular weight is 299 g/mol. The minimum Gasteiger partial charge on any atom is -0.463 e. The largest absolute Gasteiger partial charge is 0.463 e. The Balaban J connectivity index is 2.93. The molecule has 0 aromatic heterocycles. The van der Waals surface area contributed by atoms with E-state index in [1.807, 2.05) is 0 Å². The van der Waals surface area contributed by atoms with Gasteiger partial charge in [-0.25, -0.2) is 0 Å². The molecule has 0 bridgehead atoms. The standard InChI is InChI=1S/C12H23ClO6/c1-12(14)19-11-10-18-9-8-17-7-6-16-5-4-15-3-2-13/h2-11H2,1H3. The van der Waals surface area contributed by atoms with Gasteiger partial charge in [0, 0.05) is 12.8 Å². The molecular formula is C12H23ClO6. The summed E-state index contributed by atoms with van der Waals surface area (Å²) >= 11 is 5.44. The van der Waals surface area contributed by atoms with E-state index in [4.69, 9.17) is 35.3 Å². The zero-order valence-electron chi connectivity index (χ0n) is 11.4. The predicted octanol–water partition coefficient (Wildman–Crippen LogP) is 0.855. The second-order valence-corrected chi connectivity index (χ2v) is 3.86. The van der Waals surface area contributed by atoms with Crippen LogP contribution in [0.1, 0.15) is 6.92 Å². The van der Waals surface area contributed by atoms with Crippen molar-refractivity contribution in [2.24, 2.45) is 0 Å². The van der Waals surface area contributed by atoms with E-state index in [-0.39, 0.29) is 12.6 Å². The maximum absolute atomic E-state index is 10.4. The van der Waals surface area contributed by atoms with Gasteiger partial charge in [0.25, 0.3) is 0 Å². The summed E-state index contributed by atoms with van der Waals surface area (Å²) in [5.74, 6) is 0.202. The minimum absolute atomic E-state index is 0.279. The summed E-state index contributed by atoms with van der Waals surface area (Å²) < 4.78 is 25.5. The van der Waals surface area contributed by atoms with Crippen molar-refractivity contribution in [2.45, 2.75) is 6.92 Å². The molecule has 0 atom stereocenters. The lowest BCUT2D eigenvalue weighted by Crippen LogP contribution is -2.14. The first-order valence-electron chi connectivity index (χ1n) is 6.27. The molecular weight excluding hydrogens is 276 g/mol. The molecule has 0 unspecified atom stereocenters. The van der Waals surface area contributed by atoms with E-state index in [2.05, 4.69) is 0 Å². The number of halogens is 1. The zero-order valence-corrected chi connectivity index (χ0v) is 12.2. The summed E-state index contributed by atoms with van der Waals surface area (Å²) in [6, 6.07) is 0. The minimum atomic E-state index is -0.299. The molecule has 0 saturated heterocycles. The number of hydrogen-bond acceptors (Lipinski definition) is 6. The van der Waals surface area contributed by atoms with Crippen molar-refractivity contribution in [1.82, 2.24) is 0 Å². The van der Waals surface area contributed by atoms with Crippen LogP contribution < -0.4 is 0 Å². The molecule has 19 heavy (non-hydrogen) atoms. The third-order valence-electron chi connectivity index (χ3n) is 1.87. The van der Waals surface area contributed by atoms with E-state index in [1.54, 1.807) is 0 Å². The van der Waals surface area contributed by atoms with Gasteiger partial charge in [0.05, 0.1) is 52.9 Å². The van der Waals surface area contributed by atoms with E-state index in [1.165, 1.54) is 6.92 Å². The third kappa shape index (κ3) is 17.6. The first-order valence-corrected chi connectivity index (χ1v) is 6.81. The van der Waals surface area contributed by atoms with Crippen LogP contribution in [0.25, 0.3) is 0 Å².